The van der Waals surface area contributed by atoms with E-state index in [1.165, 1.54) is 6.07 Å². The standard InChI is InChI=1S/C25H25N3O6/c29-25(26-21-7-8-21)18-5-3-17(4-6-18)12-27(14-23-2-1-9-33-23)13-19-10-22(28(30)31)11-20-15-32-16-34-24(19)20/h1-6,9-11,21H,7-8,12-16H2,(H,26,29). The van der Waals surface area contributed by atoms with Crippen LogP contribution in [0.4, 0.5) is 5.69 Å². The van der Waals surface area contributed by atoms with Crippen LogP contribution in [0.15, 0.2) is 59.2 Å². The molecule has 0 saturated heterocycles. The fraction of sp³-hybridized carbons (Fsp3) is 0.320. The second-order valence-corrected chi connectivity index (χ2v) is 8.63. The van der Waals surface area contributed by atoms with Crippen molar-refractivity contribution in [2.75, 3.05) is 6.79 Å². The van der Waals surface area contributed by atoms with Crippen LogP contribution in [0.5, 0.6) is 5.75 Å². The molecule has 9 heteroatoms. The van der Waals surface area contributed by atoms with E-state index in [1.54, 1.807) is 12.3 Å². The summed E-state index contributed by atoms with van der Waals surface area (Å²) in [6.07, 6.45) is 3.71. The molecule has 1 aliphatic heterocycles. The minimum Gasteiger partial charge on any atom is -0.468 e. The highest BCUT2D eigenvalue weighted by Gasteiger charge is 2.24. The summed E-state index contributed by atoms with van der Waals surface area (Å²) >= 11 is 0. The average Bonchev–Trinajstić information content (AvgIpc) is 3.50. The first-order valence-electron chi connectivity index (χ1n) is 11.2. The Labute approximate surface area is 196 Å². The number of benzene rings is 2. The Balaban J connectivity index is 1.38. The third-order valence-electron chi connectivity index (χ3n) is 5.87. The second kappa shape index (κ2) is 9.66. The van der Waals surface area contributed by atoms with Crippen molar-refractivity contribution in [2.45, 2.75) is 45.1 Å². The number of furan rings is 1. The predicted molar refractivity (Wildman–Crippen MR) is 122 cm³/mol. The molecule has 3 aromatic rings. The lowest BCUT2D eigenvalue weighted by molar-refractivity contribution is -0.385. The van der Waals surface area contributed by atoms with Crippen LogP contribution >= 0.6 is 0 Å². The number of hydrogen-bond acceptors (Lipinski definition) is 7. The van der Waals surface area contributed by atoms with Crippen molar-refractivity contribution in [1.82, 2.24) is 10.2 Å². The Morgan fingerprint density at radius 1 is 1.12 bits per heavy atom. The highest BCUT2D eigenvalue weighted by molar-refractivity contribution is 5.94. The number of amides is 1. The zero-order valence-electron chi connectivity index (χ0n) is 18.6. The van der Waals surface area contributed by atoms with Crippen molar-refractivity contribution in [1.29, 1.82) is 0 Å². The van der Waals surface area contributed by atoms with Gasteiger partial charge in [-0.3, -0.25) is 19.8 Å². The molecule has 1 saturated carbocycles. The maximum absolute atomic E-state index is 12.3. The average molecular weight is 463 g/mol. The topological polar surface area (TPSA) is 107 Å². The van der Waals surface area contributed by atoms with Gasteiger partial charge in [-0.15, -0.1) is 0 Å². The molecule has 1 fully saturated rings. The number of carbonyl (C=O) groups excluding carboxylic acids is 1. The van der Waals surface area contributed by atoms with Crippen LogP contribution in [-0.4, -0.2) is 28.6 Å². The molecule has 5 rings (SSSR count). The monoisotopic (exact) mass is 463 g/mol. The number of nitrogens with one attached hydrogen (secondary N) is 1. The van der Waals surface area contributed by atoms with Crippen molar-refractivity contribution in [2.24, 2.45) is 0 Å². The first kappa shape index (κ1) is 22.1. The number of ether oxygens (including phenoxy) is 2. The van der Waals surface area contributed by atoms with Gasteiger partial charge in [0.15, 0.2) is 6.79 Å². The highest BCUT2D eigenvalue weighted by Crippen LogP contribution is 2.34. The van der Waals surface area contributed by atoms with Crippen molar-refractivity contribution in [3.8, 4) is 5.75 Å². The molecule has 1 amide bonds. The lowest BCUT2D eigenvalue weighted by Crippen LogP contribution is -2.25. The molecule has 2 aliphatic rings. The van der Waals surface area contributed by atoms with E-state index in [2.05, 4.69) is 10.2 Å². The Hall–Kier alpha value is -3.69. The van der Waals surface area contributed by atoms with Crippen molar-refractivity contribution < 1.29 is 23.6 Å². The molecular formula is C25H25N3O6. The van der Waals surface area contributed by atoms with Crippen LogP contribution in [0.1, 0.15) is 45.7 Å². The summed E-state index contributed by atoms with van der Waals surface area (Å²) in [5, 5.41) is 14.5. The predicted octanol–water partition coefficient (Wildman–Crippen LogP) is 4.15. The van der Waals surface area contributed by atoms with Gasteiger partial charge >= 0.3 is 0 Å². The lowest BCUT2D eigenvalue weighted by atomic mass is 10.1. The maximum Gasteiger partial charge on any atom is 0.270 e. The van der Waals surface area contributed by atoms with E-state index in [-0.39, 0.29) is 25.0 Å². The molecule has 34 heavy (non-hydrogen) atoms. The van der Waals surface area contributed by atoms with Gasteiger partial charge < -0.3 is 19.2 Å². The lowest BCUT2D eigenvalue weighted by Gasteiger charge is -2.25. The SMILES string of the molecule is O=C(NC1CC1)c1ccc(CN(Cc2ccco2)Cc2cc([N+](=O)[O-])cc3c2OCOC3)cc1. The van der Waals surface area contributed by atoms with Gasteiger partial charge in [-0.05, 0) is 42.7 Å². The Morgan fingerprint density at radius 3 is 2.65 bits per heavy atom. The summed E-state index contributed by atoms with van der Waals surface area (Å²) in [5.74, 6) is 1.36. The van der Waals surface area contributed by atoms with Gasteiger partial charge in [0.05, 0.1) is 24.3 Å². The van der Waals surface area contributed by atoms with Crippen LogP contribution in [0.3, 0.4) is 0 Å². The van der Waals surface area contributed by atoms with E-state index < -0.39 is 4.92 Å². The zero-order valence-corrected chi connectivity index (χ0v) is 18.6. The molecule has 0 bridgehead atoms. The van der Waals surface area contributed by atoms with Gasteiger partial charge in [-0.25, -0.2) is 0 Å². The molecule has 1 aromatic heterocycles. The number of nitrogens with zero attached hydrogens (tertiary/aromatic N) is 2. The summed E-state index contributed by atoms with van der Waals surface area (Å²) in [4.78, 5) is 25.5. The number of rotatable bonds is 9. The van der Waals surface area contributed by atoms with Crippen LogP contribution in [0.2, 0.25) is 0 Å². The molecule has 176 valence electrons. The van der Waals surface area contributed by atoms with Gasteiger partial charge in [-0.2, -0.15) is 0 Å². The number of carbonyl (C=O) groups is 1. The maximum atomic E-state index is 12.3. The molecule has 9 nitrogen and oxygen atoms in total. The fourth-order valence-electron chi connectivity index (χ4n) is 4.05. The Kier molecular flexibility index (Phi) is 6.29. The quantitative estimate of drug-likeness (QED) is 0.375. The normalized spacial score (nSPS) is 15.0. The van der Waals surface area contributed by atoms with E-state index in [1.807, 2.05) is 36.4 Å². The van der Waals surface area contributed by atoms with Gasteiger partial charge in [-0.1, -0.05) is 12.1 Å². The van der Waals surface area contributed by atoms with Gasteiger partial charge in [0, 0.05) is 48.0 Å². The number of nitro benzene ring substituents is 1. The first-order chi connectivity index (χ1) is 16.5. The van der Waals surface area contributed by atoms with Crippen molar-refractivity contribution in [3.05, 3.63) is 92.9 Å². The van der Waals surface area contributed by atoms with Gasteiger partial charge in [0.25, 0.3) is 11.6 Å². The van der Waals surface area contributed by atoms with Crippen LogP contribution in [0, 0.1) is 10.1 Å². The third kappa shape index (κ3) is 5.27. The van der Waals surface area contributed by atoms with Gasteiger partial charge in [0.2, 0.25) is 0 Å². The molecule has 0 radical (unpaired) electrons. The van der Waals surface area contributed by atoms with Crippen molar-refractivity contribution in [3.63, 3.8) is 0 Å². The van der Waals surface area contributed by atoms with E-state index in [9.17, 15) is 14.9 Å². The zero-order chi connectivity index (χ0) is 23.5. The number of hydrogen-bond donors (Lipinski definition) is 1. The first-order valence-corrected chi connectivity index (χ1v) is 11.2. The molecule has 2 aromatic carbocycles. The molecule has 0 spiro atoms. The van der Waals surface area contributed by atoms with E-state index in [0.717, 1.165) is 29.7 Å². The highest BCUT2D eigenvalue weighted by atomic mass is 16.7. The minimum absolute atomic E-state index is 0.00632. The van der Waals surface area contributed by atoms with E-state index in [4.69, 9.17) is 13.9 Å². The van der Waals surface area contributed by atoms with E-state index in [0.29, 0.717) is 42.6 Å². The fourth-order valence-corrected chi connectivity index (χ4v) is 4.05. The van der Waals surface area contributed by atoms with Crippen molar-refractivity contribution >= 4 is 11.6 Å². The summed E-state index contributed by atoms with van der Waals surface area (Å²) in [7, 11) is 0. The molecule has 1 aliphatic carbocycles. The summed E-state index contributed by atoms with van der Waals surface area (Å²) in [5.41, 5.74) is 3.04. The van der Waals surface area contributed by atoms with Crippen LogP contribution in [0.25, 0.3) is 0 Å². The van der Waals surface area contributed by atoms with Crippen LogP contribution < -0.4 is 10.1 Å². The third-order valence-corrected chi connectivity index (χ3v) is 5.87. The summed E-state index contributed by atoms with van der Waals surface area (Å²) < 4.78 is 16.6. The molecule has 0 unspecified atom stereocenters. The molecular weight excluding hydrogens is 438 g/mol. The Morgan fingerprint density at radius 2 is 1.94 bits per heavy atom. The van der Waals surface area contributed by atoms with Crippen LogP contribution in [-0.2, 0) is 31.0 Å². The molecule has 2 heterocycles. The number of fused-ring (bicyclic) bond motifs is 1. The Bertz CT molecular complexity index is 1170. The van der Waals surface area contributed by atoms with Gasteiger partial charge in [0.1, 0.15) is 11.5 Å². The smallest absolute Gasteiger partial charge is 0.270 e. The number of non-ortho nitro benzene ring substituents is 1. The largest absolute Gasteiger partial charge is 0.468 e. The molecule has 1 N–H and O–H groups in total. The molecule has 0 atom stereocenters. The minimum atomic E-state index is -0.402. The summed E-state index contributed by atoms with van der Waals surface area (Å²) in [6.45, 7) is 1.85. The summed E-state index contributed by atoms with van der Waals surface area (Å²) in [6, 6.07) is 14.6. The van der Waals surface area contributed by atoms with E-state index >= 15 is 0 Å². The number of nitro groups is 1. The second-order valence-electron chi connectivity index (χ2n) is 8.63.